The lowest BCUT2D eigenvalue weighted by molar-refractivity contribution is 0.800. The van der Waals surface area contributed by atoms with E-state index in [2.05, 4.69) is 41.3 Å². The summed E-state index contributed by atoms with van der Waals surface area (Å²) in [5, 5.41) is 0. The van der Waals surface area contributed by atoms with E-state index < -0.39 is 0 Å². The summed E-state index contributed by atoms with van der Waals surface area (Å²) in [6.07, 6.45) is 9.03. The Balaban J connectivity index is 0.00000166. The lowest BCUT2D eigenvalue weighted by atomic mass is 10.0. The van der Waals surface area contributed by atoms with Crippen LogP contribution in [0.4, 0.5) is 0 Å². The van der Waals surface area contributed by atoms with Crippen LogP contribution in [0.2, 0.25) is 0 Å². The molecule has 0 saturated carbocycles. The molecular weight excluding hydrogens is 380 g/mol. The zero-order chi connectivity index (χ0) is 22.6. The second kappa shape index (κ2) is 12.2. The van der Waals surface area contributed by atoms with Gasteiger partial charge in [-0.25, -0.2) is 4.99 Å². The summed E-state index contributed by atoms with van der Waals surface area (Å²) in [7, 11) is 3.75. The number of benzene rings is 2. The zero-order valence-corrected chi connectivity index (χ0v) is 19.0. The number of hydrogen-bond acceptors (Lipinski definition) is 3. The first-order valence-corrected chi connectivity index (χ1v) is 10.6. The van der Waals surface area contributed by atoms with Crippen molar-refractivity contribution in [1.82, 2.24) is 9.55 Å². The fourth-order valence-corrected chi connectivity index (χ4v) is 3.15. The quantitative estimate of drug-likeness (QED) is 0.449. The average Bonchev–Trinajstić information content (AvgIpc) is 2.81. The fourth-order valence-electron chi connectivity index (χ4n) is 3.15. The van der Waals surface area contributed by atoms with E-state index in [1.807, 2.05) is 74.3 Å². The molecule has 4 heteroatoms. The van der Waals surface area contributed by atoms with E-state index in [0.717, 1.165) is 46.4 Å². The summed E-state index contributed by atoms with van der Waals surface area (Å²) in [6.45, 7) is 12.1. The van der Waals surface area contributed by atoms with E-state index in [1.165, 1.54) is 5.56 Å². The normalized spacial score (nSPS) is 11.2. The SMILES string of the molecule is C=Cc1ccc(CCC(=C)N=c2c(-c3ccccc3)nccn2C)cc1C=NC.CC. The molecule has 0 amide bonds. The van der Waals surface area contributed by atoms with Gasteiger partial charge in [0.1, 0.15) is 5.69 Å². The Bertz CT molecular complexity index is 1110. The van der Waals surface area contributed by atoms with Crippen molar-refractivity contribution >= 4 is 12.3 Å². The van der Waals surface area contributed by atoms with Crippen LogP contribution in [0.3, 0.4) is 0 Å². The van der Waals surface area contributed by atoms with Crippen molar-refractivity contribution in [3.63, 3.8) is 0 Å². The van der Waals surface area contributed by atoms with Gasteiger partial charge in [0.05, 0.1) is 0 Å². The number of rotatable bonds is 7. The van der Waals surface area contributed by atoms with Gasteiger partial charge in [-0.1, -0.05) is 75.5 Å². The summed E-state index contributed by atoms with van der Waals surface area (Å²) in [4.78, 5) is 13.5. The van der Waals surface area contributed by atoms with E-state index in [0.29, 0.717) is 0 Å². The smallest absolute Gasteiger partial charge is 0.159 e. The van der Waals surface area contributed by atoms with Gasteiger partial charge in [-0.3, -0.25) is 9.98 Å². The Morgan fingerprint density at radius 1 is 1.10 bits per heavy atom. The summed E-state index contributed by atoms with van der Waals surface area (Å²) >= 11 is 0. The first-order chi connectivity index (χ1) is 15.1. The van der Waals surface area contributed by atoms with Crippen LogP contribution in [0.1, 0.15) is 37.0 Å². The van der Waals surface area contributed by atoms with Crippen molar-refractivity contribution in [3.05, 3.63) is 102 Å². The topological polar surface area (TPSA) is 42.5 Å². The van der Waals surface area contributed by atoms with Crippen molar-refractivity contribution < 1.29 is 0 Å². The van der Waals surface area contributed by atoms with Crippen LogP contribution in [0.25, 0.3) is 17.3 Å². The average molecular weight is 413 g/mol. The maximum absolute atomic E-state index is 4.81. The fraction of sp³-hybridized carbons (Fsp3) is 0.222. The molecule has 3 rings (SSSR count). The molecule has 0 spiro atoms. The molecule has 0 aliphatic carbocycles. The Kier molecular flexibility index (Phi) is 9.37. The third kappa shape index (κ3) is 6.48. The van der Waals surface area contributed by atoms with Gasteiger partial charge in [-0.2, -0.15) is 0 Å². The van der Waals surface area contributed by atoms with Crippen LogP contribution in [0, 0.1) is 0 Å². The molecule has 0 radical (unpaired) electrons. The third-order valence-corrected chi connectivity index (χ3v) is 4.69. The Labute approximate surface area is 186 Å². The van der Waals surface area contributed by atoms with Gasteiger partial charge in [0.15, 0.2) is 5.49 Å². The molecule has 0 N–H and O–H groups in total. The lowest BCUT2D eigenvalue weighted by Gasteiger charge is -2.08. The number of aliphatic imine (C=N–C) groups is 1. The van der Waals surface area contributed by atoms with Gasteiger partial charge >= 0.3 is 0 Å². The zero-order valence-electron chi connectivity index (χ0n) is 19.0. The van der Waals surface area contributed by atoms with Crippen LogP contribution >= 0.6 is 0 Å². The van der Waals surface area contributed by atoms with Gasteiger partial charge in [-0.05, 0) is 35.6 Å². The van der Waals surface area contributed by atoms with Gasteiger partial charge in [-0.15, -0.1) is 0 Å². The van der Waals surface area contributed by atoms with Crippen LogP contribution in [0.15, 0.2) is 89.8 Å². The highest BCUT2D eigenvalue weighted by Gasteiger charge is 2.06. The molecule has 0 saturated heterocycles. The number of aromatic nitrogens is 2. The van der Waals surface area contributed by atoms with Gasteiger partial charge < -0.3 is 4.57 Å². The summed E-state index contributed by atoms with van der Waals surface area (Å²) in [5.41, 5.74) is 6.91. The minimum atomic E-state index is 0.763. The molecule has 4 nitrogen and oxygen atoms in total. The molecule has 0 unspecified atom stereocenters. The molecule has 160 valence electrons. The molecule has 2 aromatic carbocycles. The molecule has 0 aliphatic rings. The Morgan fingerprint density at radius 3 is 2.52 bits per heavy atom. The molecular formula is C27H32N4. The van der Waals surface area contributed by atoms with Crippen molar-refractivity contribution in [1.29, 1.82) is 0 Å². The minimum absolute atomic E-state index is 0.763. The van der Waals surface area contributed by atoms with Gasteiger partial charge in [0, 0.05) is 44.0 Å². The lowest BCUT2D eigenvalue weighted by Crippen LogP contribution is -2.21. The molecule has 1 aromatic heterocycles. The second-order valence-corrected chi connectivity index (χ2v) is 6.81. The Hall–Kier alpha value is -3.53. The van der Waals surface area contributed by atoms with Gasteiger partial charge in [0.25, 0.3) is 0 Å². The van der Waals surface area contributed by atoms with Gasteiger partial charge in [0.2, 0.25) is 0 Å². The molecule has 0 atom stereocenters. The molecule has 0 fully saturated rings. The first kappa shape index (κ1) is 23.7. The molecule has 3 aromatic rings. The van der Waals surface area contributed by atoms with E-state index in [4.69, 9.17) is 4.99 Å². The monoisotopic (exact) mass is 412 g/mol. The van der Waals surface area contributed by atoms with Crippen LogP contribution < -0.4 is 5.49 Å². The standard InChI is InChI=1S/C25H26N4.C2H6/c1-5-21-14-13-20(17-23(21)18-26-3)12-11-19(2)28-25-24(27-15-16-29(25)4)22-9-7-6-8-10-22;1-2/h5-10,13-18H,1-2,11-12H2,3-4H3;1-2H3. The minimum Gasteiger partial charge on any atom is -0.333 e. The Morgan fingerprint density at radius 2 is 1.84 bits per heavy atom. The molecule has 0 bridgehead atoms. The van der Waals surface area contributed by atoms with Crippen LogP contribution in [-0.2, 0) is 13.5 Å². The van der Waals surface area contributed by atoms with Crippen molar-refractivity contribution in [2.45, 2.75) is 26.7 Å². The van der Waals surface area contributed by atoms with E-state index in [-0.39, 0.29) is 0 Å². The number of aryl methyl sites for hydroxylation is 2. The van der Waals surface area contributed by atoms with E-state index >= 15 is 0 Å². The summed E-state index contributed by atoms with van der Waals surface area (Å²) in [5.74, 6) is 0. The van der Waals surface area contributed by atoms with E-state index in [1.54, 1.807) is 13.2 Å². The number of hydrogen-bond donors (Lipinski definition) is 0. The third-order valence-electron chi connectivity index (χ3n) is 4.69. The number of nitrogens with zero attached hydrogens (tertiary/aromatic N) is 4. The highest BCUT2D eigenvalue weighted by atomic mass is 15.0. The van der Waals surface area contributed by atoms with Crippen molar-refractivity contribution in [2.24, 2.45) is 17.0 Å². The van der Waals surface area contributed by atoms with Crippen LogP contribution in [0.5, 0.6) is 0 Å². The second-order valence-electron chi connectivity index (χ2n) is 6.81. The highest BCUT2D eigenvalue weighted by molar-refractivity contribution is 5.85. The maximum atomic E-state index is 4.81. The van der Waals surface area contributed by atoms with Crippen molar-refractivity contribution in [3.8, 4) is 11.3 Å². The predicted molar refractivity (Wildman–Crippen MR) is 133 cm³/mol. The largest absolute Gasteiger partial charge is 0.333 e. The molecule has 0 aliphatic heterocycles. The highest BCUT2D eigenvalue weighted by Crippen LogP contribution is 2.16. The summed E-state index contributed by atoms with van der Waals surface area (Å²) in [6, 6.07) is 16.4. The van der Waals surface area contributed by atoms with E-state index in [9.17, 15) is 0 Å². The first-order valence-electron chi connectivity index (χ1n) is 10.6. The number of allylic oxidation sites excluding steroid dienone is 1. The molecule has 31 heavy (non-hydrogen) atoms. The predicted octanol–water partition coefficient (Wildman–Crippen LogP) is 5.85. The van der Waals surface area contributed by atoms with Crippen LogP contribution in [-0.4, -0.2) is 22.8 Å². The van der Waals surface area contributed by atoms with Crippen molar-refractivity contribution in [2.75, 3.05) is 7.05 Å². The summed E-state index contributed by atoms with van der Waals surface area (Å²) < 4.78 is 1.98. The molecule has 1 heterocycles. The maximum Gasteiger partial charge on any atom is 0.159 e.